The molecule has 4 nitrogen and oxygen atoms in total. The van der Waals surface area contributed by atoms with Gasteiger partial charge in [-0.25, -0.2) is 0 Å². The number of carbonyl (C=O) groups excluding carboxylic acids is 1. The normalized spacial score (nSPS) is 11.8. The van der Waals surface area contributed by atoms with Crippen LogP contribution in [0.15, 0.2) is 47.4 Å². The first kappa shape index (κ1) is 21.6. The zero-order valence-electron chi connectivity index (χ0n) is 17.2. The molecule has 0 aliphatic carbocycles. The van der Waals surface area contributed by atoms with E-state index in [1.165, 1.54) is 0 Å². The maximum Gasteiger partial charge on any atom is 0.311 e. The van der Waals surface area contributed by atoms with Gasteiger partial charge in [0.15, 0.2) is 0 Å². The number of benzene rings is 2. The minimum atomic E-state index is -0.257. The van der Waals surface area contributed by atoms with Crippen molar-refractivity contribution in [3.63, 3.8) is 0 Å². The second kappa shape index (κ2) is 8.72. The summed E-state index contributed by atoms with van der Waals surface area (Å²) in [7, 11) is 0. The van der Waals surface area contributed by atoms with Crippen LogP contribution in [0.5, 0.6) is 5.75 Å². The Hall–Kier alpha value is -2.11. The van der Waals surface area contributed by atoms with Crippen LogP contribution >= 0.6 is 23.4 Å². The van der Waals surface area contributed by atoms with Crippen LogP contribution in [0, 0.1) is 0 Å². The summed E-state index contributed by atoms with van der Waals surface area (Å²) in [4.78, 5) is 13.4. The maximum atomic E-state index is 12.4. The summed E-state index contributed by atoms with van der Waals surface area (Å²) < 4.78 is 7.32. The van der Waals surface area contributed by atoms with Crippen molar-refractivity contribution in [2.24, 2.45) is 0 Å². The van der Waals surface area contributed by atoms with Crippen molar-refractivity contribution < 1.29 is 14.6 Å². The second-order valence-corrected chi connectivity index (χ2v) is 10.2. The fraction of sp³-hybridized carbons (Fsp3) is 0.348. The molecule has 154 valence electrons. The minimum Gasteiger partial charge on any atom is -0.508 e. The van der Waals surface area contributed by atoms with E-state index in [4.69, 9.17) is 16.3 Å². The summed E-state index contributed by atoms with van der Waals surface area (Å²) in [6.45, 7) is 9.16. The summed E-state index contributed by atoms with van der Waals surface area (Å²) >= 11 is 7.74. The molecule has 1 heterocycles. The summed E-state index contributed by atoms with van der Waals surface area (Å²) in [6, 6.07) is 13.1. The number of ether oxygens (including phenoxy) is 1. The SMILES string of the molecule is CCOC(=O)Cc1c(SC(C)(C)C)c2cc(O)ccc2n1Cc1ccc(Cl)cc1. The first-order valence-electron chi connectivity index (χ1n) is 9.61. The van der Waals surface area contributed by atoms with E-state index in [1.54, 1.807) is 23.9 Å². The number of carbonyl (C=O) groups is 1. The lowest BCUT2D eigenvalue weighted by Crippen LogP contribution is -2.14. The highest BCUT2D eigenvalue weighted by molar-refractivity contribution is 8.00. The minimum absolute atomic E-state index is 0.0613. The molecular formula is C23H26ClNO3S. The molecule has 0 radical (unpaired) electrons. The first-order valence-corrected chi connectivity index (χ1v) is 10.8. The lowest BCUT2D eigenvalue weighted by atomic mass is 10.2. The standard InChI is InChI=1S/C23H26ClNO3S/c1-5-28-21(27)13-20-22(29-23(2,3)4)18-12-17(26)10-11-19(18)25(20)14-15-6-8-16(24)9-7-15/h6-12,26H,5,13-14H2,1-4H3. The molecular weight excluding hydrogens is 406 g/mol. The Morgan fingerprint density at radius 2 is 1.86 bits per heavy atom. The highest BCUT2D eigenvalue weighted by atomic mass is 35.5. The number of aromatic nitrogens is 1. The predicted molar refractivity (Wildman–Crippen MR) is 120 cm³/mol. The van der Waals surface area contributed by atoms with Gasteiger partial charge >= 0.3 is 5.97 Å². The average Bonchev–Trinajstić information content (AvgIpc) is 2.88. The Morgan fingerprint density at radius 1 is 1.17 bits per heavy atom. The van der Waals surface area contributed by atoms with E-state index in [-0.39, 0.29) is 22.9 Å². The molecule has 0 aliphatic rings. The van der Waals surface area contributed by atoms with E-state index < -0.39 is 0 Å². The molecule has 1 aromatic heterocycles. The fourth-order valence-corrected chi connectivity index (χ4v) is 4.57. The van der Waals surface area contributed by atoms with Crippen LogP contribution in [0.1, 0.15) is 39.0 Å². The molecule has 6 heteroatoms. The van der Waals surface area contributed by atoms with Gasteiger partial charge in [-0.3, -0.25) is 4.79 Å². The van der Waals surface area contributed by atoms with Crippen molar-refractivity contribution in [2.45, 2.75) is 50.3 Å². The number of phenolic OH excluding ortho intramolecular Hbond substituents is 1. The van der Waals surface area contributed by atoms with Crippen molar-refractivity contribution in [1.29, 1.82) is 0 Å². The number of fused-ring (bicyclic) bond motifs is 1. The van der Waals surface area contributed by atoms with Crippen LogP contribution in [0.2, 0.25) is 5.02 Å². The second-order valence-electron chi connectivity index (χ2n) is 7.89. The van der Waals surface area contributed by atoms with E-state index in [2.05, 4.69) is 25.3 Å². The van der Waals surface area contributed by atoms with E-state index in [0.717, 1.165) is 27.1 Å². The molecule has 3 rings (SSSR count). The number of halogens is 1. The molecule has 0 aliphatic heterocycles. The summed E-state index contributed by atoms with van der Waals surface area (Å²) in [6.07, 6.45) is 0.176. The molecule has 0 unspecified atom stereocenters. The average molecular weight is 432 g/mol. The molecule has 3 aromatic rings. The van der Waals surface area contributed by atoms with Crippen LogP contribution in [0.4, 0.5) is 0 Å². The third-order valence-corrected chi connectivity index (χ3v) is 5.91. The number of thioether (sulfide) groups is 1. The van der Waals surface area contributed by atoms with Crippen LogP contribution in [0.25, 0.3) is 10.9 Å². The highest BCUT2D eigenvalue weighted by Crippen LogP contribution is 2.42. The van der Waals surface area contributed by atoms with Gasteiger partial charge in [-0.05, 0) is 42.8 Å². The van der Waals surface area contributed by atoms with Crippen molar-refractivity contribution in [3.8, 4) is 5.75 Å². The maximum absolute atomic E-state index is 12.4. The topological polar surface area (TPSA) is 51.5 Å². The first-order chi connectivity index (χ1) is 13.7. The van der Waals surface area contributed by atoms with Gasteiger partial charge in [-0.15, -0.1) is 11.8 Å². The van der Waals surface area contributed by atoms with Gasteiger partial charge in [0.2, 0.25) is 0 Å². The molecule has 0 bridgehead atoms. The largest absolute Gasteiger partial charge is 0.508 e. The molecule has 0 saturated carbocycles. The van der Waals surface area contributed by atoms with Crippen molar-refractivity contribution in [1.82, 2.24) is 4.57 Å². The van der Waals surface area contributed by atoms with Gasteiger partial charge < -0.3 is 14.4 Å². The highest BCUT2D eigenvalue weighted by Gasteiger charge is 2.25. The van der Waals surface area contributed by atoms with Gasteiger partial charge in [-0.2, -0.15) is 0 Å². The smallest absolute Gasteiger partial charge is 0.311 e. The third kappa shape index (κ3) is 5.28. The van der Waals surface area contributed by atoms with E-state index in [9.17, 15) is 9.90 Å². The molecule has 0 fully saturated rings. The Morgan fingerprint density at radius 3 is 2.48 bits per heavy atom. The molecule has 0 spiro atoms. The summed E-state index contributed by atoms with van der Waals surface area (Å²) in [5.74, 6) is -0.0489. The van der Waals surface area contributed by atoms with Gasteiger partial charge in [0.1, 0.15) is 5.75 Å². The Balaban J connectivity index is 2.19. The van der Waals surface area contributed by atoms with Crippen molar-refractivity contribution in [3.05, 3.63) is 58.7 Å². The number of hydrogen-bond acceptors (Lipinski definition) is 4. The van der Waals surface area contributed by atoms with Gasteiger partial charge in [0.25, 0.3) is 0 Å². The lowest BCUT2D eigenvalue weighted by molar-refractivity contribution is -0.142. The monoisotopic (exact) mass is 431 g/mol. The van der Waals surface area contributed by atoms with Crippen LogP contribution in [0.3, 0.4) is 0 Å². The zero-order valence-corrected chi connectivity index (χ0v) is 18.7. The quantitative estimate of drug-likeness (QED) is 0.381. The summed E-state index contributed by atoms with van der Waals surface area (Å²) in [5, 5.41) is 11.7. The van der Waals surface area contributed by atoms with Gasteiger partial charge in [0.05, 0.1) is 13.0 Å². The van der Waals surface area contributed by atoms with Gasteiger partial charge in [-0.1, -0.05) is 44.5 Å². The summed E-state index contributed by atoms with van der Waals surface area (Å²) in [5.41, 5.74) is 2.96. The number of aromatic hydroxyl groups is 1. The third-order valence-electron chi connectivity index (χ3n) is 4.38. The van der Waals surface area contributed by atoms with Crippen LogP contribution in [-0.2, 0) is 22.5 Å². The van der Waals surface area contributed by atoms with Gasteiger partial charge in [0, 0.05) is 37.8 Å². The zero-order chi connectivity index (χ0) is 21.2. The Bertz CT molecular complexity index is 1020. The van der Waals surface area contributed by atoms with Crippen molar-refractivity contribution in [2.75, 3.05) is 6.61 Å². The molecule has 0 saturated heterocycles. The number of hydrogen-bond donors (Lipinski definition) is 1. The number of phenols is 1. The number of esters is 1. The molecule has 0 amide bonds. The molecule has 2 aromatic carbocycles. The Labute approximate surface area is 180 Å². The number of nitrogens with zero attached hydrogens (tertiary/aromatic N) is 1. The van der Waals surface area contributed by atoms with Crippen LogP contribution in [-0.4, -0.2) is 27.0 Å². The van der Waals surface area contributed by atoms with E-state index >= 15 is 0 Å². The predicted octanol–water partition coefficient (Wildman–Crippen LogP) is 6.04. The lowest BCUT2D eigenvalue weighted by Gasteiger charge is -2.19. The van der Waals surface area contributed by atoms with E-state index in [0.29, 0.717) is 18.2 Å². The molecule has 0 atom stereocenters. The van der Waals surface area contributed by atoms with E-state index in [1.807, 2.05) is 37.3 Å². The van der Waals surface area contributed by atoms with Crippen LogP contribution < -0.4 is 0 Å². The number of rotatable bonds is 6. The molecule has 29 heavy (non-hydrogen) atoms. The Kier molecular flexibility index (Phi) is 6.49. The fourth-order valence-electron chi connectivity index (χ4n) is 3.26. The van der Waals surface area contributed by atoms with Crippen molar-refractivity contribution >= 4 is 40.2 Å². The molecule has 1 N–H and O–H groups in total.